The lowest BCUT2D eigenvalue weighted by atomic mass is 10.1. The van der Waals surface area contributed by atoms with Crippen LogP contribution in [0.5, 0.6) is 0 Å². The van der Waals surface area contributed by atoms with Crippen LogP contribution in [0.1, 0.15) is 15.9 Å². The van der Waals surface area contributed by atoms with Crippen LogP contribution in [-0.2, 0) is 4.74 Å². The minimum absolute atomic E-state index is 0.338. The number of hydrogen-bond donors (Lipinski definition) is 0. The molecule has 0 unspecified atom stereocenters. The summed E-state index contributed by atoms with van der Waals surface area (Å²) in [6, 6.07) is 25.5. The quantitative estimate of drug-likeness (QED) is 0.508. The van der Waals surface area contributed by atoms with Crippen molar-refractivity contribution in [1.82, 2.24) is 0 Å². The average Bonchev–Trinajstić information content (AvgIpc) is 2.67. The molecule has 0 spiro atoms. The normalized spacial score (nSPS) is 10.7. The molecule has 0 atom stereocenters. The van der Waals surface area contributed by atoms with Crippen molar-refractivity contribution >= 4 is 17.9 Å². The van der Waals surface area contributed by atoms with Crippen LogP contribution in [0.25, 0.3) is 11.1 Å². The van der Waals surface area contributed by atoms with Crippen molar-refractivity contribution in [2.45, 2.75) is 0 Å². The Morgan fingerprint density at radius 2 is 1.46 bits per heavy atom. The number of rotatable bonds is 4. The summed E-state index contributed by atoms with van der Waals surface area (Å²) < 4.78 is 4.68. The fourth-order valence-corrected chi connectivity index (χ4v) is 2.34. The molecular weight excluding hydrogens is 298 g/mol. The fraction of sp³-hybridized carbons (Fsp3) is 0.0476. The van der Waals surface area contributed by atoms with Gasteiger partial charge in [-0.3, -0.25) is 4.99 Å². The molecule has 0 N–H and O–H groups in total. The molecule has 0 amide bonds. The first kappa shape index (κ1) is 15.7. The molecule has 3 heteroatoms. The van der Waals surface area contributed by atoms with Gasteiger partial charge < -0.3 is 4.74 Å². The number of ether oxygens (including phenoxy) is 1. The number of aliphatic imine (C=N–C) groups is 1. The molecule has 0 saturated heterocycles. The van der Waals surface area contributed by atoms with Gasteiger partial charge in [-0.15, -0.1) is 0 Å². The number of hydrogen-bond acceptors (Lipinski definition) is 3. The lowest BCUT2D eigenvalue weighted by Gasteiger charge is -2.02. The molecule has 0 fully saturated rings. The van der Waals surface area contributed by atoms with Gasteiger partial charge >= 0.3 is 5.97 Å². The highest BCUT2D eigenvalue weighted by atomic mass is 16.5. The third kappa shape index (κ3) is 3.76. The van der Waals surface area contributed by atoms with Crippen molar-refractivity contribution in [1.29, 1.82) is 0 Å². The van der Waals surface area contributed by atoms with Crippen LogP contribution in [0.4, 0.5) is 5.69 Å². The van der Waals surface area contributed by atoms with Crippen LogP contribution in [0.15, 0.2) is 83.9 Å². The summed E-state index contributed by atoms with van der Waals surface area (Å²) in [5.74, 6) is -0.338. The van der Waals surface area contributed by atoms with E-state index in [-0.39, 0.29) is 5.97 Å². The molecule has 0 saturated carbocycles. The summed E-state index contributed by atoms with van der Waals surface area (Å²) in [4.78, 5) is 15.9. The van der Waals surface area contributed by atoms with Crippen LogP contribution in [0, 0.1) is 0 Å². The van der Waals surface area contributed by atoms with Gasteiger partial charge in [0.25, 0.3) is 0 Å². The first-order valence-corrected chi connectivity index (χ1v) is 7.64. The first-order valence-electron chi connectivity index (χ1n) is 7.64. The van der Waals surface area contributed by atoms with E-state index in [9.17, 15) is 4.79 Å². The van der Waals surface area contributed by atoms with Gasteiger partial charge in [-0.2, -0.15) is 0 Å². The summed E-state index contributed by atoms with van der Waals surface area (Å²) in [5.41, 5.74) is 4.69. The van der Waals surface area contributed by atoms with Crippen molar-refractivity contribution in [3.8, 4) is 11.1 Å². The molecule has 0 aliphatic rings. The van der Waals surface area contributed by atoms with E-state index in [1.165, 1.54) is 12.7 Å². The summed E-state index contributed by atoms with van der Waals surface area (Å²) >= 11 is 0. The topological polar surface area (TPSA) is 38.7 Å². The standard InChI is InChI=1S/C21H17NO2/c1-24-21(23)19-9-7-16(8-10-19)15-22-20-13-11-18(12-14-20)17-5-3-2-4-6-17/h2-15H,1H3/b22-15-. The van der Waals surface area contributed by atoms with E-state index in [1.807, 2.05) is 42.5 Å². The van der Waals surface area contributed by atoms with Crippen LogP contribution in [0.2, 0.25) is 0 Å². The third-order valence-corrected chi connectivity index (χ3v) is 3.67. The molecule has 0 aliphatic carbocycles. The zero-order chi connectivity index (χ0) is 16.8. The zero-order valence-corrected chi connectivity index (χ0v) is 13.3. The second kappa shape index (κ2) is 7.38. The molecule has 24 heavy (non-hydrogen) atoms. The Morgan fingerprint density at radius 1 is 0.833 bits per heavy atom. The Kier molecular flexibility index (Phi) is 4.82. The van der Waals surface area contributed by atoms with E-state index in [2.05, 4.69) is 34.0 Å². The summed E-state index contributed by atoms with van der Waals surface area (Å²) in [7, 11) is 1.37. The Hall–Kier alpha value is -3.20. The second-order valence-electron chi connectivity index (χ2n) is 5.28. The molecule has 0 radical (unpaired) electrons. The molecular formula is C21H17NO2. The first-order chi connectivity index (χ1) is 11.8. The predicted octanol–water partition coefficient (Wildman–Crippen LogP) is 4.89. The van der Waals surface area contributed by atoms with Crippen LogP contribution < -0.4 is 0 Å². The largest absolute Gasteiger partial charge is 0.465 e. The zero-order valence-electron chi connectivity index (χ0n) is 13.3. The summed E-state index contributed by atoms with van der Waals surface area (Å²) in [6.07, 6.45) is 1.78. The SMILES string of the molecule is COC(=O)c1ccc(/C=N\c2ccc(-c3ccccc3)cc2)cc1. The van der Waals surface area contributed by atoms with Crippen LogP contribution in [-0.4, -0.2) is 19.3 Å². The van der Waals surface area contributed by atoms with E-state index in [0.717, 1.165) is 16.8 Å². The maximum absolute atomic E-state index is 11.4. The number of nitrogens with zero attached hydrogens (tertiary/aromatic N) is 1. The Bertz CT molecular complexity index is 835. The van der Waals surface area contributed by atoms with Crippen molar-refractivity contribution in [2.24, 2.45) is 4.99 Å². The number of benzene rings is 3. The van der Waals surface area contributed by atoms with Gasteiger partial charge in [0.1, 0.15) is 0 Å². The van der Waals surface area contributed by atoms with Gasteiger partial charge in [0.15, 0.2) is 0 Å². The lowest BCUT2D eigenvalue weighted by molar-refractivity contribution is 0.0600. The third-order valence-electron chi connectivity index (χ3n) is 3.67. The van der Waals surface area contributed by atoms with E-state index in [1.54, 1.807) is 18.3 Å². The number of carbonyl (C=O) groups is 1. The average molecular weight is 315 g/mol. The maximum Gasteiger partial charge on any atom is 0.337 e. The second-order valence-corrected chi connectivity index (χ2v) is 5.28. The Morgan fingerprint density at radius 3 is 2.08 bits per heavy atom. The van der Waals surface area contributed by atoms with Gasteiger partial charge in [0, 0.05) is 6.21 Å². The van der Waals surface area contributed by atoms with Crippen LogP contribution >= 0.6 is 0 Å². The highest BCUT2D eigenvalue weighted by Gasteiger charge is 2.03. The van der Waals surface area contributed by atoms with Gasteiger partial charge in [-0.1, -0.05) is 54.6 Å². The molecule has 3 rings (SSSR count). The minimum Gasteiger partial charge on any atom is -0.465 e. The monoisotopic (exact) mass is 315 g/mol. The predicted molar refractivity (Wildman–Crippen MR) is 96.9 cm³/mol. The maximum atomic E-state index is 11.4. The Labute approximate surface area is 141 Å². The molecule has 0 aliphatic heterocycles. The van der Waals surface area contributed by atoms with Crippen molar-refractivity contribution in [3.05, 3.63) is 90.0 Å². The fourth-order valence-electron chi connectivity index (χ4n) is 2.34. The van der Waals surface area contributed by atoms with Crippen molar-refractivity contribution in [3.63, 3.8) is 0 Å². The number of esters is 1. The molecule has 118 valence electrons. The molecule has 3 aromatic rings. The molecule has 0 heterocycles. The lowest BCUT2D eigenvalue weighted by Crippen LogP contribution is -2.00. The van der Waals surface area contributed by atoms with Gasteiger partial charge in [0.2, 0.25) is 0 Å². The van der Waals surface area contributed by atoms with E-state index < -0.39 is 0 Å². The van der Waals surface area contributed by atoms with Gasteiger partial charge in [-0.25, -0.2) is 4.79 Å². The van der Waals surface area contributed by atoms with Crippen molar-refractivity contribution in [2.75, 3.05) is 7.11 Å². The summed E-state index contributed by atoms with van der Waals surface area (Å²) in [6.45, 7) is 0. The minimum atomic E-state index is -0.338. The highest BCUT2D eigenvalue weighted by Crippen LogP contribution is 2.22. The molecule has 0 aromatic heterocycles. The smallest absolute Gasteiger partial charge is 0.337 e. The number of carbonyl (C=O) groups excluding carboxylic acids is 1. The Balaban J connectivity index is 1.71. The van der Waals surface area contributed by atoms with Crippen molar-refractivity contribution < 1.29 is 9.53 Å². The van der Waals surface area contributed by atoms with Gasteiger partial charge in [0.05, 0.1) is 18.4 Å². The molecule has 3 nitrogen and oxygen atoms in total. The van der Waals surface area contributed by atoms with E-state index in [4.69, 9.17) is 0 Å². The number of methoxy groups -OCH3 is 1. The summed E-state index contributed by atoms with van der Waals surface area (Å²) in [5, 5.41) is 0. The highest BCUT2D eigenvalue weighted by molar-refractivity contribution is 5.91. The van der Waals surface area contributed by atoms with E-state index >= 15 is 0 Å². The van der Waals surface area contributed by atoms with Gasteiger partial charge in [-0.05, 0) is 41.0 Å². The molecule has 3 aromatic carbocycles. The van der Waals surface area contributed by atoms with E-state index in [0.29, 0.717) is 5.56 Å². The van der Waals surface area contributed by atoms with Crippen LogP contribution in [0.3, 0.4) is 0 Å². The molecule has 0 bridgehead atoms.